The molecule has 2 heterocycles. The Morgan fingerprint density at radius 1 is 1.18 bits per heavy atom. The highest BCUT2D eigenvalue weighted by Crippen LogP contribution is 2.34. The molecule has 0 aliphatic carbocycles. The number of para-hydroxylation sites is 2. The Hall–Kier alpha value is -2.28. The molecule has 0 radical (unpaired) electrons. The summed E-state index contributed by atoms with van der Waals surface area (Å²) in [5, 5.41) is 0. The number of aromatic nitrogens is 2. The largest absolute Gasteiger partial charge is 0.310 e. The number of fused-ring (bicyclic) bond motifs is 1. The molecule has 2 aromatic rings. The molecule has 0 bridgehead atoms. The molecule has 3 rings (SSSR count). The van der Waals surface area contributed by atoms with E-state index in [1.165, 1.54) is 6.20 Å². The van der Waals surface area contributed by atoms with Gasteiger partial charge in [0.05, 0.1) is 29.3 Å². The van der Waals surface area contributed by atoms with Crippen molar-refractivity contribution in [1.82, 2.24) is 8.75 Å². The van der Waals surface area contributed by atoms with Gasteiger partial charge in [-0.2, -0.15) is 8.75 Å². The minimum Gasteiger partial charge on any atom is -0.310 e. The molecule has 22 heavy (non-hydrogen) atoms. The van der Waals surface area contributed by atoms with Gasteiger partial charge < -0.3 is 9.80 Å². The molecule has 0 N–H and O–H groups in total. The number of anilines is 2. The number of nitrogens with zero attached hydrogens (tertiary/aromatic N) is 4. The molecule has 1 atom stereocenters. The van der Waals surface area contributed by atoms with E-state index in [0.29, 0.717) is 18.8 Å². The Kier molecular flexibility index (Phi) is 3.89. The van der Waals surface area contributed by atoms with Gasteiger partial charge in [0.1, 0.15) is 0 Å². The van der Waals surface area contributed by atoms with Crippen molar-refractivity contribution in [1.29, 1.82) is 0 Å². The number of carbonyl (C=O) groups is 2. The van der Waals surface area contributed by atoms with Crippen LogP contribution in [-0.2, 0) is 4.79 Å². The molecule has 114 valence electrons. The first-order chi connectivity index (χ1) is 10.6. The fraction of sp³-hybridized carbons (Fsp3) is 0.333. The lowest BCUT2D eigenvalue weighted by Crippen LogP contribution is -2.36. The van der Waals surface area contributed by atoms with E-state index in [1.807, 2.05) is 31.2 Å². The van der Waals surface area contributed by atoms with Crippen molar-refractivity contribution >= 4 is 34.9 Å². The van der Waals surface area contributed by atoms with Crippen LogP contribution in [0.5, 0.6) is 0 Å². The zero-order chi connectivity index (χ0) is 15.7. The second kappa shape index (κ2) is 5.84. The quantitative estimate of drug-likeness (QED) is 0.809. The van der Waals surface area contributed by atoms with Crippen LogP contribution in [0.2, 0.25) is 0 Å². The highest BCUT2D eigenvalue weighted by atomic mass is 32.1. The van der Waals surface area contributed by atoms with Gasteiger partial charge in [-0.25, -0.2) is 0 Å². The summed E-state index contributed by atoms with van der Waals surface area (Å²) in [7, 11) is 0. The third kappa shape index (κ3) is 2.59. The van der Waals surface area contributed by atoms with Crippen molar-refractivity contribution in [2.45, 2.75) is 13.8 Å². The van der Waals surface area contributed by atoms with E-state index in [4.69, 9.17) is 0 Å². The molecule has 0 spiro atoms. The van der Waals surface area contributed by atoms with E-state index in [1.54, 1.807) is 16.7 Å². The van der Waals surface area contributed by atoms with E-state index in [9.17, 15) is 9.59 Å². The minimum atomic E-state index is -0.182. The predicted octanol–water partition coefficient (Wildman–Crippen LogP) is 2.19. The second-order valence-corrected chi connectivity index (χ2v) is 5.99. The fourth-order valence-corrected chi connectivity index (χ4v) is 3.09. The lowest BCUT2D eigenvalue weighted by molar-refractivity contribution is -0.116. The standard InChI is InChI=1S/C15H16N4O2S/c1-10-8-18(11(2)20)13-5-3-4-6-14(13)19(9-10)15(21)12-7-16-22-17-12/h3-7,10H,8-9H2,1-2H3/t10-/m1/s1. The van der Waals surface area contributed by atoms with Crippen molar-refractivity contribution in [3.63, 3.8) is 0 Å². The maximum atomic E-state index is 12.7. The van der Waals surface area contributed by atoms with Crippen LogP contribution in [0.25, 0.3) is 0 Å². The summed E-state index contributed by atoms with van der Waals surface area (Å²) in [6.45, 7) is 4.70. The van der Waals surface area contributed by atoms with Crippen LogP contribution in [0.4, 0.5) is 11.4 Å². The number of amides is 2. The van der Waals surface area contributed by atoms with Crippen LogP contribution in [0.1, 0.15) is 24.3 Å². The molecule has 2 amide bonds. The average Bonchev–Trinajstić information content (AvgIpc) is 2.99. The lowest BCUT2D eigenvalue weighted by Gasteiger charge is -2.24. The average molecular weight is 316 g/mol. The fourth-order valence-electron chi connectivity index (χ4n) is 2.69. The smallest absolute Gasteiger partial charge is 0.279 e. The Bertz CT molecular complexity index is 701. The van der Waals surface area contributed by atoms with Gasteiger partial charge in [0, 0.05) is 20.0 Å². The van der Waals surface area contributed by atoms with E-state index in [2.05, 4.69) is 8.75 Å². The minimum absolute atomic E-state index is 0.0241. The number of rotatable bonds is 1. The third-order valence-electron chi connectivity index (χ3n) is 3.66. The normalized spacial score (nSPS) is 17.8. The topological polar surface area (TPSA) is 66.4 Å². The number of carbonyl (C=O) groups excluding carboxylic acids is 2. The zero-order valence-corrected chi connectivity index (χ0v) is 13.2. The summed E-state index contributed by atoms with van der Waals surface area (Å²) in [5.74, 6) is -0.0470. The van der Waals surface area contributed by atoms with Gasteiger partial charge in [-0.05, 0) is 18.1 Å². The van der Waals surface area contributed by atoms with Crippen molar-refractivity contribution in [2.75, 3.05) is 22.9 Å². The van der Waals surface area contributed by atoms with Gasteiger partial charge in [0.15, 0.2) is 5.69 Å². The Balaban J connectivity index is 2.08. The molecule has 6 nitrogen and oxygen atoms in total. The number of hydrogen-bond acceptors (Lipinski definition) is 5. The van der Waals surface area contributed by atoms with Crippen molar-refractivity contribution in [2.24, 2.45) is 5.92 Å². The molecule has 7 heteroatoms. The van der Waals surface area contributed by atoms with Gasteiger partial charge in [-0.15, -0.1) is 0 Å². The third-order valence-corrected chi connectivity index (χ3v) is 4.14. The van der Waals surface area contributed by atoms with Crippen LogP contribution in [0.15, 0.2) is 30.5 Å². The lowest BCUT2D eigenvalue weighted by atomic mass is 10.1. The van der Waals surface area contributed by atoms with E-state index >= 15 is 0 Å². The van der Waals surface area contributed by atoms with Gasteiger partial charge >= 0.3 is 0 Å². The Labute approximate surface area is 132 Å². The van der Waals surface area contributed by atoms with Crippen LogP contribution < -0.4 is 9.80 Å². The maximum Gasteiger partial charge on any atom is 0.279 e. The zero-order valence-electron chi connectivity index (χ0n) is 12.4. The van der Waals surface area contributed by atoms with E-state index < -0.39 is 0 Å². The summed E-state index contributed by atoms with van der Waals surface area (Å²) in [6.07, 6.45) is 1.48. The van der Waals surface area contributed by atoms with Gasteiger partial charge in [-0.1, -0.05) is 19.1 Å². The first-order valence-corrected chi connectivity index (χ1v) is 7.77. The molecule has 0 unspecified atom stereocenters. The molecule has 1 aliphatic heterocycles. The van der Waals surface area contributed by atoms with Crippen molar-refractivity contribution in [3.8, 4) is 0 Å². The SMILES string of the molecule is CC(=O)N1C[C@@H](C)CN(C(=O)c2cnsn2)c2ccccc21. The van der Waals surface area contributed by atoms with Crippen LogP contribution in [-0.4, -0.2) is 33.7 Å². The highest BCUT2D eigenvalue weighted by Gasteiger charge is 2.30. The van der Waals surface area contributed by atoms with Gasteiger partial charge in [-0.3, -0.25) is 9.59 Å². The summed E-state index contributed by atoms with van der Waals surface area (Å²) in [6, 6.07) is 7.47. The van der Waals surface area contributed by atoms with Gasteiger partial charge in [0.25, 0.3) is 5.91 Å². The summed E-state index contributed by atoms with van der Waals surface area (Å²) >= 11 is 1.01. The van der Waals surface area contributed by atoms with Crippen LogP contribution in [0, 0.1) is 5.92 Å². The van der Waals surface area contributed by atoms with Crippen molar-refractivity contribution < 1.29 is 9.59 Å². The monoisotopic (exact) mass is 316 g/mol. The molecule has 1 aliphatic rings. The predicted molar refractivity (Wildman–Crippen MR) is 85.2 cm³/mol. The van der Waals surface area contributed by atoms with Crippen molar-refractivity contribution in [3.05, 3.63) is 36.2 Å². The first kappa shape index (κ1) is 14.6. The van der Waals surface area contributed by atoms with Gasteiger partial charge in [0.2, 0.25) is 5.91 Å². The Morgan fingerprint density at radius 3 is 2.41 bits per heavy atom. The first-order valence-electron chi connectivity index (χ1n) is 7.04. The van der Waals surface area contributed by atoms with Crippen LogP contribution in [0.3, 0.4) is 0 Å². The molecule has 0 saturated heterocycles. The van der Waals surface area contributed by atoms with Crippen LogP contribution >= 0.6 is 11.7 Å². The Morgan fingerprint density at radius 2 is 1.82 bits per heavy atom. The highest BCUT2D eigenvalue weighted by molar-refractivity contribution is 6.99. The summed E-state index contributed by atoms with van der Waals surface area (Å²) in [5.41, 5.74) is 1.83. The molecular weight excluding hydrogens is 300 g/mol. The molecule has 1 aromatic heterocycles. The maximum absolute atomic E-state index is 12.7. The number of hydrogen-bond donors (Lipinski definition) is 0. The molecule has 0 fully saturated rings. The van der Waals surface area contributed by atoms with E-state index in [-0.39, 0.29) is 17.7 Å². The molecule has 1 aromatic carbocycles. The summed E-state index contributed by atoms with van der Waals surface area (Å²) < 4.78 is 7.93. The molecule has 0 saturated carbocycles. The number of benzene rings is 1. The molecular formula is C15H16N4O2S. The van der Waals surface area contributed by atoms with E-state index in [0.717, 1.165) is 23.1 Å². The second-order valence-electron chi connectivity index (χ2n) is 5.43. The summed E-state index contributed by atoms with van der Waals surface area (Å²) in [4.78, 5) is 28.1.